The highest BCUT2D eigenvalue weighted by Crippen LogP contribution is 2.38. The van der Waals surface area contributed by atoms with Crippen LogP contribution in [0.25, 0.3) is 0 Å². The number of piperidine rings is 1. The number of nitrogens with zero attached hydrogens (tertiary/aromatic N) is 1. The molecule has 0 aromatic rings. The van der Waals surface area contributed by atoms with E-state index in [1.807, 2.05) is 0 Å². The minimum atomic E-state index is -4.61. The number of hydrogen-bond acceptors (Lipinski definition) is 3. The lowest BCUT2D eigenvalue weighted by Gasteiger charge is -2.41. The van der Waals surface area contributed by atoms with Gasteiger partial charge in [0.1, 0.15) is 0 Å². The van der Waals surface area contributed by atoms with E-state index in [-0.39, 0.29) is 37.9 Å². The second-order valence-corrected chi connectivity index (χ2v) is 7.21. The van der Waals surface area contributed by atoms with Gasteiger partial charge in [0, 0.05) is 19.1 Å². The highest BCUT2D eigenvalue weighted by Gasteiger charge is 2.54. The highest BCUT2D eigenvalue weighted by molar-refractivity contribution is 5.81. The van der Waals surface area contributed by atoms with Crippen molar-refractivity contribution in [1.82, 2.24) is 10.2 Å². The molecular weight excluding hydrogens is 309 g/mol. The van der Waals surface area contributed by atoms with E-state index in [0.717, 1.165) is 25.7 Å². The summed E-state index contributed by atoms with van der Waals surface area (Å²) in [6, 6.07) is -0.287. The number of hydrogen-bond donors (Lipinski definition) is 2. The summed E-state index contributed by atoms with van der Waals surface area (Å²) >= 11 is 0. The number of carbonyl (C=O) groups is 1. The Hall–Kier alpha value is -0.820. The van der Waals surface area contributed by atoms with Crippen molar-refractivity contribution < 1.29 is 23.1 Å². The smallest absolute Gasteiger partial charge is 0.380 e. The van der Waals surface area contributed by atoms with Crippen LogP contribution in [0.15, 0.2) is 0 Å². The maximum Gasteiger partial charge on any atom is 0.417 e. The number of nitrogens with one attached hydrogen (secondary N) is 1. The predicted molar refractivity (Wildman–Crippen MR) is 80.8 cm³/mol. The normalized spacial score (nSPS) is 30.7. The second kappa shape index (κ2) is 6.97. The molecule has 2 rings (SSSR count). The van der Waals surface area contributed by atoms with Crippen LogP contribution in [-0.2, 0) is 4.79 Å². The number of amides is 1. The van der Waals surface area contributed by atoms with Crippen molar-refractivity contribution in [3.05, 3.63) is 0 Å². The van der Waals surface area contributed by atoms with Gasteiger partial charge < -0.3 is 10.4 Å². The summed E-state index contributed by atoms with van der Waals surface area (Å²) < 4.78 is 38.4. The first-order chi connectivity index (χ1) is 10.6. The Kier molecular flexibility index (Phi) is 5.61. The fourth-order valence-electron chi connectivity index (χ4n) is 3.46. The molecule has 134 valence electrons. The van der Waals surface area contributed by atoms with Crippen molar-refractivity contribution in [2.24, 2.45) is 5.92 Å². The van der Waals surface area contributed by atoms with Gasteiger partial charge in [-0.05, 0) is 51.4 Å². The van der Waals surface area contributed by atoms with Crippen molar-refractivity contribution in [1.29, 1.82) is 0 Å². The Labute approximate surface area is 135 Å². The molecule has 7 heteroatoms. The zero-order chi connectivity index (χ0) is 17.3. The number of likely N-dealkylation sites (tertiary alicyclic amines) is 1. The van der Waals surface area contributed by atoms with Crippen molar-refractivity contribution in [3.8, 4) is 0 Å². The molecule has 1 aliphatic carbocycles. The largest absolute Gasteiger partial charge is 0.417 e. The summed E-state index contributed by atoms with van der Waals surface area (Å²) in [5.41, 5.74) is -2.61. The van der Waals surface area contributed by atoms with Crippen molar-refractivity contribution in [3.63, 3.8) is 0 Å². The Morgan fingerprint density at radius 2 is 1.74 bits per heavy atom. The van der Waals surface area contributed by atoms with Gasteiger partial charge in [-0.2, -0.15) is 13.2 Å². The van der Waals surface area contributed by atoms with E-state index in [1.165, 1.54) is 0 Å². The molecule has 1 saturated carbocycles. The van der Waals surface area contributed by atoms with E-state index in [0.29, 0.717) is 5.92 Å². The van der Waals surface area contributed by atoms with E-state index in [4.69, 9.17) is 0 Å². The summed E-state index contributed by atoms with van der Waals surface area (Å²) in [4.78, 5) is 14.0. The quantitative estimate of drug-likeness (QED) is 0.832. The van der Waals surface area contributed by atoms with Crippen LogP contribution in [0.4, 0.5) is 13.2 Å². The van der Waals surface area contributed by atoms with Gasteiger partial charge in [-0.15, -0.1) is 0 Å². The number of alkyl halides is 3. The Balaban J connectivity index is 1.82. The molecular formula is C16H27F3N2O2. The van der Waals surface area contributed by atoms with Gasteiger partial charge in [0.25, 0.3) is 0 Å². The van der Waals surface area contributed by atoms with E-state index in [2.05, 4.69) is 12.2 Å². The first kappa shape index (κ1) is 18.5. The molecule has 2 N–H and O–H groups in total. The van der Waals surface area contributed by atoms with Gasteiger partial charge in [0.15, 0.2) is 5.60 Å². The zero-order valence-corrected chi connectivity index (χ0v) is 13.8. The van der Waals surface area contributed by atoms with E-state index >= 15 is 0 Å². The summed E-state index contributed by atoms with van der Waals surface area (Å²) in [5.74, 6) is 0.574. The van der Waals surface area contributed by atoms with Crippen LogP contribution in [0.1, 0.15) is 52.4 Å². The minimum Gasteiger partial charge on any atom is -0.380 e. The topological polar surface area (TPSA) is 52.6 Å². The molecule has 1 aliphatic heterocycles. The minimum absolute atomic E-state index is 0.0757. The zero-order valence-electron chi connectivity index (χ0n) is 13.8. The standard InChI is InChI=1S/C16H27F3N2O2/c1-11-3-5-13(6-4-11)20-14(22)12(2)21-9-7-15(23,8-10-21)16(17,18)19/h11-13,23H,3-10H2,1-2H3,(H,20,22). The molecule has 1 saturated heterocycles. The Morgan fingerprint density at radius 3 is 2.22 bits per heavy atom. The maximum atomic E-state index is 12.8. The fraction of sp³-hybridized carbons (Fsp3) is 0.938. The maximum absolute atomic E-state index is 12.8. The molecule has 0 aromatic carbocycles. The van der Waals surface area contributed by atoms with Crippen LogP contribution in [0.3, 0.4) is 0 Å². The number of aliphatic hydroxyl groups is 1. The van der Waals surface area contributed by atoms with Gasteiger partial charge in [0.05, 0.1) is 6.04 Å². The molecule has 2 aliphatic rings. The van der Waals surface area contributed by atoms with Crippen LogP contribution in [0, 0.1) is 5.92 Å². The van der Waals surface area contributed by atoms with Crippen molar-refractivity contribution in [2.45, 2.75) is 76.2 Å². The van der Waals surface area contributed by atoms with Crippen LogP contribution < -0.4 is 5.32 Å². The monoisotopic (exact) mass is 336 g/mol. The Bertz CT molecular complexity index is 412. The summed E-state index contributed by atoms with van der Waals surface area (Å²) in [5, 5.41) is 12.7. The third-order valence-corrected chi connectivity index (χ3v) is 5.44. The highest BCUT2D eigenvalue weighted by atomic mass is 19.4. The lowest BCUT2D eigenvalue weighted by atomic mass is 9.87. The molecule has 0 spiro atoms. The average Bonchev–Trinajstić information content (AvgIpc) is 2.48. The third kappa shape index (κ3) is 4.38. The first-order valence-electron chi connectivity index (χ1n) is 8.46. The van der Waals surface area contributed by atoms with Gasteiger partial charge in [-0.1, -0.05) is 6.92 Å². The number of rotatable bonds is 3. The summed E-state index contributed by atoms with van der Waals surface area (Å²) in [6.07, 6.45) is -1.24. The Morgan fingerprint density at radius 1 is 1.22 bits per heavy atom. The predicted octanol–water partition coefficient (Wildman–Crippen LogP) is 2.46. The van der Waals surface area contributed by atoms with E-state index in [9.17, 15) is 23.1 Å². The molecule has 1 atom stereocenters. The molecule has 23 heavy (non-hydrogen) atoms. The fourth-order valence-corrected chi connectivity index (χ4v) is 3.46. The van der Waals surface area contributed by atoms with Crippen LogP contribution in [0.5, 0.6) is 0 Å². The molecule has 1 heterocycles. The third-order valence-electron chi connectivity index (χ3n) is 5.44. The van der Waals surface area contributed by atoms with Crippen LogP contribution >= 0.6 is 0 Å². The van der Waals surface area contributed by atoms with Crippen LogP contribution in [0.2, 0.25) is 0 Å². The summed E-state index contributed by atoms with van der Waals surface area (Å²) in [6.45, 7) is 4.08. The lowest BCUT2D eigenvalue weighted by molar-refractivity contribution is -0.273. The van der Waals surface area contributed by atoms with E-state index < -0.39 is 17.8 Å². The van der Waals surface area contributed by atoms with Crippen molar-refractivity contribution in [2.75, 3.05) is 13.1 Å². The molecule has 1 amide bonds. The molecule has 0 bridgehead atoms. The van der Waals surface area contributed by atoms with Gasteiger partial charge in [0.2, 0.25) is 5.91 Å². The molecule has 0 aromatic heterocycles. The second-order valence-electron chi connectivity index (χ2n) is 7.21. The molecule has 4 nitrogen and oxygen atoms in total. The van der Waals surface area contributed by atoms with Gasteiger partial charge in [-0.25, -0.2) is 0 Å². The SMILES string of the molecule is CC1CCC(NC(=O)C(C)N2CCC(O)(C(F)(F)F)CC2)CC1. The van der Waals surface area contributed by atoms with Gasteiger partial charge >= 0.3 is 6.18 Å². The lowest BCUT2D eigenvalue weighted by Crippen LogP contribution is -2.57. The average molecular weight is 336 g/mol. The van der Waals surface area contributed by atoms with E-state index in [1.54, 1.807) is 11.8 Å². The number of carbonyl (C=O) groups excluding carboxylic acids is 1. The summed E-state index contributed by atoms with van der Waals surface area (Å²) in [7, 11) is 0. The van der Waals surface area contributed by atoms with Crippen molar-refractivity contribution >= 4 is 5.91 Å². The molecule has 1 unspecified atom stereocenters. The van der Waals surface area contributed by atoms with Gasteiger partial charge in [-0.3, -0.25) is 9.69 Å². The molecule has 0 radical (unpaired) electrons. The number of halogens is 3. The first-order valence-corrected chi connectivity index (χ1v) is 8.46. The van der Waals surface area contributed by atoms with Crippen LogP contribution in [-0.4, -0.2) is 52.9 Å². The molecule has 2 fully saturated rings.